The van der Waals surface area contributed by atoms with Crippen molar-refractivity contribution in [3.05, 3.63) is 33.8 Å². The van der Waals surface area contributed by atoms with E-state index in [1.807, 2.05) is 13.0 Å². The molecule has 0 unspecified atom stereocenters. The van der Waals surface area contributed by atoms with Crippen molar-refractivity contribution in [3.8, 4) is 0 Å². The number of hydrogen-bond acceptors (Lipinski definition) is 4. The lowest BCUT2D eigenvalue weighted by Crippen LogP contribution is -2.37. The molecule has 0 amide bonds. The Morgan fingerprint density at radius 2 is 2.10 bits per heavy atom. The van der Waals surface area contributed by atoms with Crippen LogP contribution in [0.15, 0.2) is 22.7 Å². The second kappa shape index (κ2) is 7.76. The standard InChI is InChI=1S/C15H22BrNO3/c1-5-20-15(2,3)10-17-9-12-7-6-11(8-13(12)16)14(18)19-4/h6-8,17H,5,9-10H2,1-4H3. The van der Waals surface area contributed by atoms with Gasteiger partial charge in [-0.15, -0.1) is 0 Å². The molecular formula is C15H22BrNO3. The summed E-state index contributed by atoms with van der Waals surface area (Å²) in [7, 11) is 1.38. The van der Waals surface area contributed by atoms with Crippen molar-refractivity contribution in [1.82, 2.24) is 5.32 Å². The summed E-state index contributed by atoms with van der Waals surface area (Å²) in [5.41, 5.74) is 1.44. The molecule has 0 spiro atoms. The van der Waals surface area contributed by atoms with Gasteiger partial charge in [-0.05, 0) is 38.5 Å². The van der Waals surface area contributed by atoms with Gasteiger partial charge in [0.25, 0.3) is 0 Å². The quantitative estimate of drug-likeness (QED) is 0.772. The summed E-state index contributed by atoms with van der Waals surface area (Å²) in [5, 5.41) is 3.36. The fourth-order valence-electron chi connectivity index (χ4n) is 1.88. The lowest BCUT2D eigenvalue weighted by Gasteiger charge is -2.25. The van der Waals surface area contributed by atoms with E-state index in [4.69, 9.17) is 9.47 Å². The van der Waals surface area contributed by atoms with Crippen LogP contribution in [-0.4, -0.2) is 31.8 Å². The van der Waals surface area contributed by atoms with E-state index in [1.165, 1.54) is 7.11 Å². The van der Waals surface area contributed by atoms with Gasteiger partial charge in [0.2, 0.25) is 0 Å². The number of halogens is 1. The van der Waals surface area contributed by atoms with Crippen LogP contribution in [-0.2, 0) is 16.0 Å². The first-order chi connectivity index (χ1) is 9.39. The van der Waals surface area contributed by atoms with E-state index in [0.29, 0.717) is 18.7 Å². The fourth-order valence-corrected chi connectivity index (χ4v) is 2.39. The molecule has 0 fully saturated rings. The molecule has 0 saturated heterocycles. The zero-order chi connectivity index (χ0) is 15.2. The first kappa shape index (κ1) is 17.1. The number of benzene rings is 1. The Morgan fingerprint density at radius 1 is 1.40 bits per heavy atom. The number of esters is 1. The highest BCUT2D eigenvalue weighted by Crippen LogP contribution is 2.19. The summed E-state index contributed by atoms with van der Waals surface area (Å²) in [4.78, 5) is 11.4. The summed E-state index contributed by atoms with van der Waals surface area (Å²) in [5.74, 6) is -0.331. The van der Waals surface area contributed by atoms with Crippen molar-refractivity contribution in [2.75, 3.05) is 20.3 Å². The summed E-state index contributed by atoms with van der Waals surface area (Å²) in [6.45, 7) is 8.26. The number of methoxy groups -OCH3 is 1. The van der Waals surface area contributed by atoms with Gasteiger partial charge in [-0.1, -0.05) is 22.0 Å². The van der Waals surface area contributed by atoms with Gasteiger partial charge in [-0.2, -0.15) is 0 Å². The first-order valence-corrected chi connectivity index (χ1v) is 7.40. The number of rotatable bonds is 7. The van der Waals surface area contributed by atoms with Crippen molar-refractivity contribution < 1.29 is 14.3 Å². The van der Waals surface area contributed by atoms with Crippen molar-refractivity contribution in [2.45, 2.75) is 32.9 Å². The Kier molecular flexibility index (Phi) is 6.65. The molecule has 5 heteroatoms. The van der Waals surface area contributed by atoms with Crippen molar-refractivity contribution in [2.24, 2.45) is 0 Å². The maximum atomic E-state index is 11.4. The molecular weight excluding hydrogens is 322 g/mol. The lowest BCUT2D eigenvalue weighted by atomic mass is 10.1. The van der Waals surface area contributed by atoms with Gasteiger partial charge in [-0.3, -0.25) is 0 Å². The van der Waals surface area contributed by atoms with Gasteiger partial charge in [0.05, 0.1) is 18.3 Å². The van der Waals surface area contributed by atoms with Crippen LogP contribution < -0.4 is 5.32 Å². The van der Waals surface area contributed by atoms with E-state index in [9.17, 15) is 4.79 Å². The Bertz CT molecular complexity index is 460. The maximum absolute atomic E-state index is 11.4. The monoisotopic (exact) mass is 343 g/mol. The highest BCUT2D eigenvalue weighted by atomic mass is 79.9. The van der Waals surface area contributed by atoms with Crippen LogP contribution in [0.3, 0.4) is 0 Å². The van der Waals surface area contributed by atoms with E-state index in [1.54, 1.807) is 12.1 Å². The van der Waals surface area contributed by atoms with Gasteiger partial charge >= 0.3 is 5.97 Å². The minimum atomic E-state index is -0.331. The summed E-state index contributed by atoms with van der Waals surface area (Å²) < 4.78 is 11.2. The van der Waals surface area contributed by atoms with E-state index in [-0.39, 0.29) is 11.6 Å². The smallest absolute Gasteiger partial charge is 0.337 e. The van der Waals surface area contributed by atoms with Gasteiger partial charge < -0.3 is 14.8 Å². The number of carbonyl (C=O) groups excluding carboxylic acids is 1. The third-order valence-electron chi connectivity index (χ3n) is 2.88. The molecule has 0 radical (unpaired) electrons. The SMILES string of the molecule is CCOC(C)(C)CNCc1ccc(C(=O)OC)cc1Br. The minimum absolute atomic E-state index is 0.187. The zero-order valence-corrected chi connectivity index (χ0v) is 14.0. The van der Waals surface area contributed by atoms with Crippen LogP contribution in [0.4, 0.5) is 0 Å². The Balaban J connectivity index is 2.59. The molecule has 0 bridgehead atoms. The molecule has 1 rings (SSSR count). The predicted molar refractivity (Wildman–Crippen MR) is 82.9 cm³/mol. The van der Waals surface area contributed by atoms with Gasteiger partial charge in [0.1, 0.15) is 0 Å². The molecule has 0 saturated carbocycles. The van der Waals surface area contributed by atoms with Crippen LogP contribution >= 0.6 is 15.9 Å². The molecule has 0 aliphatic heterocycles. The molecule has 112 valence electrons. The summed E-state index contributed by atoms with van der Waals surface area (Å²) in [6.07, 6.45) is 0. The molecule has 1 aromatic carbocycles. The molecule has 0 aliphatic rings. The topological polar surface area (TPSA) is 47.6 Å². The first-order valence-electron chi connectivity index (χ1n) is 6.61. The van der Waals surface area contributed by atoms with Gasteiger partial charge in [0.15, 0.2) is 0 Å². The molecule has 0 aromatic heterocycles. The Hall–Kier alpha value is -0.910. The number of carbonyl (C=O) groups is 1. The average Bonchev–Trinajstić information content (AvgIpc) is 2.39. The molecule has 1 N–H and O–H groups in total. The molecule has 1 aromatic rings. The second-order valence-corrected chi connectivity index (χ2v) is 5.95. The fraction of sp³-hybridized carbons (Fsp3) is 0.533. The average molecular weight is 344 g/mol. The van der Waals surface area contributed by atoms with Crippen molar-refractivity contribution >= 4 is 21.9 Å². The van der Waals surface area contributed by atoms with Crippen LogP contribution in [0.2, 0.25) is 0 Å². The van der Waals surface area contributed by atoms with E-state index in [0.717, 1.165) is 16.6 Å². The number of nitrogens with one attached hydrogen (secondary N) is 1. The molecule has 20 heavy (non-hydrogen) atoms. The summed E-state index contributed by atoms with van der Waals surface area (Å²) >= 11 is 3.48. The van der Waals surface area contributed by atoms with E-state index in [2.05, 4.69) is 35.1 Å². The highest BCUT2D eigenvalue weighted by Gasteiger charge is 2.17. The predicted octanol–water partition coefficient (Wildman–Crippen LogP) is 3.14. The summed E-state index contributed by atoms with van der Waals surface area (Å²) in [6, 6.07) is 5.45. The van der Waals surface area contributed by atoms with Crippen molar-refractivity contribution in [1.29, 1.82) is 0 Å². The second-order valence-electron chi connectivity index (χ2n) is 5.09. The van der Waals surface area contributed by atoms with Gasteiger partial charge in [-0.25, -0.2) is 4.79 Å². The van der Waals surface area contributed by atoms with Crippen LogP contribution in [0.25, 0.3) is 0 Å². The number of hydrogen-bond donors (Lipinski definition) is 1. The van der Waals surface area contributed by atoms with E-state index >= 15 is 0 Å². The maximum Gasteiger partial charge on any atom is 0.337 e. The molecule has 4 nitrogen and oxygen atoms in total. The third-order valence-corrected chi connectivity index (χ3v) is 3.61. The normalized spacial score (nSPS) is 11.4. The lowest BCUT2D eigenvalue weighted by molar-refractivity contribution is -0.00898. The van der Waals surface area contributed by atoms with Gasteiger partial charge in [0, 0.05) is 24.2 Å². The highest BCUT2D eigenvalue weighted by molar-refractivity contribution is 9.10. The molecule has 0 heterocycles. The molecule has 0 atom stereocenters. The zero-order valence-electron chi connectivity index (χ0n) is 12.5. The van der Waals surface area contributed by atoms with Crippen LogP contribution in [0.1, 0.15) is 36.7 Å². The minimum Gasteiger partial charge on any atom is -0.465 e. The van der Waals surface area contributed by atoms with Crippen LogP contribution in [0, 0.1) is 0 Å². The number of ether oxygens (including phenoxy) is 2. The Morgan fingerprint density at radius 3 is 2.65 bits per heavy atom. The van der Waals surface area contributed by atoms with E-state index < -0.39 is 0 Å². The molecule has 0 aliphatic carbocycles. The largest absolute Gasteiger partial charge is 0.465 e. The Labute approximate surface area is 129 Å². The van der Waals surface area contributed by atoms with Crippen LogP contribution in [0.5, 0.6) is 0 Å². The van der Waals surface area contributed by atoms with Crippen molar-refractivity contribution in [3.63, 3.8) is 0 Å². The third kappa shape index (κ3) is 5.23.